The Hall–Kier alpha value is -5.56. The molecule has 3 heterocycles. The monoisotopic (exact) mass is 659 g/mol. The topological polar surface area (TPSA) is 109 Å². The molecule has 13 heteroatoms. The van der Waals surface area contributed by atoms with E-state index in [1.54, 1.807) is 19.2 Å². The summed E-state index contributed by atoms with van der Waals surface area (Å²) in [7, 11) is 3.49. The number of methoxy groups -OCH3 is 1. The normalized spacial score (nSPS) is 13.5. The SMILES string of the molecule is COc1ccc(CN2CCN(C(=O)c3cc4cc(Oc5ccc(NC(=O)c6c(O)c(F)c(C)c(F)c6F)cn5)ccc4n3C)CC2)cc1. The van der Waals surface area contributed by atoms with Crippen molar-refractivity contribution in [1.29, 1.82) is 0 Å². The van der Waals surface area contributed by atoms with Crippen molar-refractivity contribution >= 4 is 28.4 Å². The summed E-state index contributed by atoms with van der Waals surface area (Å²) in [4.78, 5) is 34.3. The molecule has 0 unspecified atom stereocenters. The number of hydrogen-bond donors (Lipinski definition) is 2. The molecule has 2 N–H and O–H groups in total. The fraction of sp³-hybridized carbons (Fsp3) is 0.229. The maximum absolute atomic E-state index is 14.3. The van der Waals surface area contributed by atoms with Crippen LogP contribution in [0.4, 0.5) is 18.9 Å². The second-order valence-electron chi connectivity index (χ2n) is 11.5. The molecular formula is C35H32F3N5O5. The number of amides is 2. The third-order valence-corrected chi connectivity index (χ3v) is 8.42. The molecule has 0 aliphatic carbocycles. The van der Waals surface area contributed by atoms with E-state index in [1.165, 1.54) is 23.9 Å². The largest absolute Gasteiger partial charge is 0.504 e. The number of aryl methyl sites for hydroxylation is 1. The number of phenols is 1. The summed E-state index contributed by atoms with van der Waals surface area (Å²) in [5, 5.41) is 12.9. The molecule has 3 aromatic carbocycles. The van der Waals surface area contributed by atoms with Crippen molar-refractivity contribution in [2.24, 2.45) is 7.05 Å². The molecule has 2 amide bonds. The fourth-order valence-corrected chi connectivity index (χ4v) is 5.65. The molecule has 2 aromatic heterocycles. The number of carbonyl (C=O) groups is 2. The molecule has 10 nitrogen and oxygen atoms in total. The van der Waals surface area contributed by atoms with Crippen molar-refractivity contribution in [3.05, 3.63) is 107 Å². The lowest BCUT2D eigenvalue weighted by Gasteiger charge is -2.34. The van der Waals surface area contributed by atoms with E-state index in [0.717, 1.165) is 43.2 Å². The smallest absolute Gasteiger partial charge is 0.270 e. The number of ether oxygens (including phenoxy) is 2. The number of aromatic nitrogens is 2. The van der Waals surface area contributed by atoms with Crippen LogP contribution in [-0.4, -0.2) is 69.6 Å². The lowest BCUT2D eigenvalue weighted by Crippen LogP contribution is -2.48. The average Bonchev–Trinajstić information content (AvgIpc) is 3.43. The zero-order valence-electron chi connectivity index (χ0n) is 26.4. The first-order valence-corrected chi connectivity index (χ1v) is 15.1. The van der Waals surface area contributed by atoms with Crippen molar-refractivity contribution in [1.82, 2.24) is 19.4 Å². The quantitative estimate of drug-likeness (QED) is 0.196. The highest BCUT2D eigenvalue weighted by molar-refractivity contribution is 6.06. The highest BCUT2D eigenvalue weighted by Crippen LogP contribution is 2.31. The van der Waals surface area contributed by atoms with Crippen LogP contribution in [0, 0.1) is 24.4 Å². The van der Waals surface area contributed by atoms with Crippen LogP contribution in [0.1, 0.15) is 32.0 Å². The molecule has 0 atom stereocenters. The van der Waals surface area contributed by atoms with Gasteiger partial charge >= 0.3 is 0 Å². The Morgan fingerprint density at radius 1 is 0.917 bits per heavy atom. The summed E-state index contributed by atoms with van der Waals surface area (Å²) in [5.74, 6) is -5.83. The van der Waals surface area contributed by atoms with Gasteiger partial charge in [0, 0.05) is 62.3 Å². The first-order chi connectivity index (χ1) is 23.0. The Labute approximate surface area is 273 Å². The van der Waals surface area contributed by atoms with Gasteiger partial charge in [-0.25, -0.2) is 18.2 Å². The van der Waals surface area contributed by atoms with Gasteiger partial charge in [-0.1, -0.05) is 12.1 Å². The van der Waals surface area contributed by atoms with Crippen LogP contribution in [0.5, 0.6) is 23.1 Å². The Kier molecular flexibility index (Phi) is 8.96. The molecule has 0 spiro atoms. The van der Waals surface area contributed by atoms with Crippen molar-refractivity contribution in [3.63, 3.8) is 0 Å². The predicted molar refractivity (Wildman–Crippen MR) is 172 cm³/mol. The Morgan fingerprint density at radius 2 is 1.62 bits per heavy atom. The maximum Gasteiger partial charge on any atom is 0.270 e. The van der Waals surface area contributed by atoms with Crippen molar-refractivity contribution in [2.75, 3.05) is 38.6 Å². The number of anilines is 1. The number of nitrogens with zero attached hydrogens (tertiary/aromatic N) is 4. The van der Waals surface area contributed by atoms with Gasteiger partial charge in [-0.3, -0.25) is 14.5 Å². The molecule has 0 bridgehead atoms. The van der Waals surface area contributed by atoms with Gasteiger partial charge in [0.15, 0.2) is 23.2 Å². The number of carbonyl (C=O) groups excluding carboxylic acids is 2. The van der Waals surface area contributed by atoms with Crippen LogP contribution in [0.2, 0.25) is 0 Å². The molecule has 5 aromatic rings. The number of piperazine rings is 1. The second-order valence-corrected chi connectivity index (χ2v) is 11.5. The number of hydrogen-bond acceptors (Lipinski definition) is 7. The number of halogens is 3. The molecule has 1 saturated heterocycles. The number of fused-ring (bicyclic) bond motifs is 1. The summed E-state index contributed by atoms with van der Waals surface area (Å²) in [6.07, 6.45) is 1.21. The minimum absolute atomic E-state index is 0.0520. The first kappa shape index (κ1) is 32.4. The van der Waals surface area contributed by atoms with E-state index in [4.69, 9.17) is 9.47 Å². The molecule has 1 fully saturated rings. The van der Waals surface area contributed by atoms with Crippen molar-refractivity contribution < 1.29 is 37.3 Å². The number of aromatic hydroxyl groups is 1. The molecule has 1 aliphatic rings. The van der Waals surface area contributed by atoms with Crippen LogP contribution >= 0.6 is 0 Å². The Bertz CT molecular complexity index is 1980. The molecule has 0 radical (unpaired) electrons. The summed E-state index contributed by atoms with van der Waals surface area (Å²) in [5.41, 5.74) is 0.755. The standard InChI is InChI=1S/C35H32F3N5O5/c1-20-30(36)32(38)29(33(44)31(20)37)34(45)40-23-6-11-28(39-18-23)48-25-9-10-26-22(16-25)17-27(41(26)2)35(46)43-14-12-42(13-15-43)19-21-4-7-24(47-3)8-5-21/h4-11,16-18,44H,12-15,19H2,1-3H3,(H,40,45). The number of nitrogens with one attached hydrogen (secondary N) is 1. The highest BCUT2D eigenvalue weighted by atomic mass is 19.2. The molecule has 1 aliphatic heterocycles. The van der Waals surface area contributed by atoms with Crippen molar-refractivity contribution in [2.45, 2.75) is 13.5 Å². The second kappa shape index (κ2) is 13.3. The lowest BCUT2D eigenvalue weighted by molar-refractivity contribution is 0.0619. The molecular weight excluding hydrogens is 627 g/mol. The highest BCUT2D eigenvalue weighted by Gasteiger charge is 2.28. The van der Waals surface area contributed by atoms with Gasteiger partial charge in [-0.05, 0) is 55.0 Å². The van der Waals surface area contributed by atoms with Crippen LogP contribution in [0.25, 0.3) is 10.9 Å². The van der Waals surface area contributed by atoms with E-state index >= 15 is 0 Å². The number of phenolic OH excluding ortho intramolecular Hbond substituents is 1. The van der Waals surface area contributed by atoms with Crippen LogP contribution in [0.3, 0.4) is 0 Å². The van der Waals surface area contributed by atoms with Gasteiger partial charge < -0.3 is 29.4 Å². The number of benzene rings is 3. The Balaban J connectivity index is 1.08. The zero-order valence-corrected chi connectivity index (χ0v) is 26.4. The first-order valence-electron chi connectivity index (χ1n) is 15.1. The summed E-state index contributed by atoms with van der Waals surface area (Å²) < 4.78 is 55.3. The summed E-state index contributed by atoms with van der Waals surface area (Å²) in [6, 6.07) is 18.0. The Morgan fingerprint density at radius 3 is 2.29 bits per heavy atom. The number of pyridine rings is 1. The minimum atomic E-state index is -1.67. The third-order valence-electron chi connectivity index (χ3n) is 8.42. The lowest BCUT2D eigenvalue weighted by atomic mass is 10.1. The minimum Gasteiger partial charge on any atom is -0.504 e. The molecule has 6 rings (SSSR count). The van der Waals surface area contributed by atoms with Crippen LogP contribution in [0.15, 0.2) is 66.9 Å². The summed E-state index contributed by atoms with van der Waals surface area (Å²) >= 11 is 0. The van der Waals surface area contributed by atoms with E-state index in [-0.39, 0.29) is 17.5 Å². The molecule has 48 heavy (non-hydrogen) atoms. The zero-order chi connectivity index (χ0) is 34.1. The van der Waals surface area contributed by atoms with E-state index in [9.17, 15) is 27.9 Å². The number of rotatable bonds is 8. The molecule has 0 saturated carbocycles. The van der Waals surface area contributed by atoms with Crippen molar-refractivity contribution in [3.8, 4) is 23.1 Å². The van der Waals surface area contributed by atoms with E-state index in [2.05, 4.69) is 15.2 Å². The van der Waals surface area contributed by atoms with E-state index in [1.807, 2.05) is 52.9 Å². The summed E-state index contributed by atoms with van der Waals surface area (Å²) in [6.45, 7) is 4.49. The predicted octanol–water partition coefficient (Wildman–Crippen LogP) is 6.02. The van der Waals surface area contributed by atoms with Crippen LogP contribution < -0.4 is 14.8 Å². The molecule has 248 valence electrons. The third kappa shape index (κ3) is 6.36. The van der Waals surface area contributed by atoms with Gasteiger partial charge in [0.2, 0.25) is 5.88 Å². The van der Waals surface area contributed by atoms with E-state index < -0.39 is 40.2 Å². The van der Waals surface area contributed by atoms with Gasteiger partial charge in [0.05, 0.1) is 19.0 Å². The fourth-order valence-electron chi connectivity index (χ4n) is 5.65. The van der Waals surface area contributed by atoms with Gasteiger partial charge in [0.1, 0.15) is 22.8 Å². The van der Waals surface area contributed by atoms with Gasteiger partial charge in [0.25, 0.3) is 11.8 Å². The average molecular weight is 660 g/mol. The van der Waals surface area contributed by atoms with Crippen LogP contribution in [-0.2, 0) is 13.6 Å². The van der Waals surface area contributed by atoms with E-state index in [0.29, 0.717) is 24.5 Å². The van der Waals surface area contributed by atoms with Gasteiger partial charge in [-0.15, -0.1) is 0 Å². The van der Waals surface area contributed by atoms with Gasteiger partial charge in [-0.2, -0.15) is 0 Å². The maximum atomic E-state index is 14.3.